The van der Waals surface area contributed by atoms with Gasteiger partial charge in [-0.3, -0.25) is 4.89 Å². The van der Waals surface area contributed by atoms with Gasteiger partial charge in [0.05, 0.1) is 5.56 Å². The summed E-state index contributed by atoms with van der Waals surface area (Å²) in [6, 6.07) is 66.2. The SMILES string of the molecule is [2H]C([2H])([2H])c1cccc(C(=O)OO)c1-c1ccc(N2c3ccc(-c4c(C([2H])([2H])[2H])cccc4C([2H])([2H])[2H])cc3B3c4ccc(N(c5ccc(C(C)(C)C)cc5)c5ccc(C(C)(C)C)cc5)cc4N(c4ccc5c(c4)C(C)(C)c4ccccc4-5)c4cc(C(C)(C)C)cc2c43)cc1. The molecule has 10 aromatic carbocycles. The topological polar surface area (TPSA) is 56.3 Å². The molecule has 1 aliphatic carbocycles. The van der Waals surface area contributed by atoms with E-state index in [1.165, 1.54) is 69.8 Å². The molecular formula is C79H76BN3O3. The maximum atomic E-state index is 13.3. The molecule has 13 rings (SSSR count). The highest BCUT2D eigenvalue weighted by molar-refractivity contribution is 7.00. The molecule has 428 valence electrons. The lowest BCUT2D eigenvalue weighted by molar-refractivity contribution is -0.182. The van der Waals surface area contributed by atoms with Crippen molar-refractivity contribution in [1.29, 1.82) is 0 Å². The molecule has 0 bridgehead atoms. The van der Waals surface area contributed by atoms with Gasteiger partial charge >= 0.3 is 5.97 Å². The van der Waals surface area contributed by atoms with Gasteiger partial charge in [-0.15, -0.1) is 0 Å². The molecule has 2 heterocycles. The summed E-state index contributed by atoms with van der Waals surface area (Å²) in [5, 5.41) is 9.69. The number of nitrogens with zero attached hydrogens (tertiary/aromatic N) is 3. The zero-order valence-electron chi connectivity index (χ0n) is 59.7. The summed E-state index contributed by atoms with van der Waals surface area (Å²) in [5.41, 5.74) is 18.3. The summed E-state index contributed by atoms with van der Waals surface area (Å²) < 4.78 is 78.9. The van der Waals surface area contributed by atoms with E-state index in [2.05, 4.69) is 217 Å². The monoisotopic (exact) mass is 1130 g/mol. The smallest absolute Gasteiger partial charge is 0.311 e. The Hall–Kier alpha value is -8.91. The highest BCUT2D eigenvalue weighted by Gasteiger charge is 2.46. The van der Waals surface area contributed by atoms with Gasteiger partial charge in [0, 0.05) is 68.9 Å². The molecule has 7 heteroatoms. The van der Waals surface area contributed by atoms with Crippen LogP contribution in [-0.4, -0.2) is 17.9 Å². The average Bonchev–Trinajstić information content (AvgIpc) is 0.765. The second-order valence-corrected chi connectivity index (χ2v) is 27.0. The summed E-state index contributed by atoms with van der Waals surface area (Å²) in [6.07, 6.45) is 0. The van der Waals surface area contributed by atoms with Crippen LogP contribution < -0.4 is 31.1 Å². The summed E-state index contributed by atoms with van der Waals surface area (Å²) in [6.45, 7) is 15.9. The molecule has 1 N–H and O–H groups in total. The molecule has 6 nitrogen and oxygen atoms in total. The lowest BCUT2D eigenvalue weighted by Gasteiger charge is -2.45. The Labute approximate surface area is 522 Å². The molecule has 0 saturated heterocycles. The molecule has 0 aromatic heterocycles. The maximum Gasteiger partial charge on any atom is 0.373 e. The number of benzene rings is 10. The molecule has 0 spiro atoms. The van der Waals surface area contributed by atoms with Gasteiger partial charge in [-0.25, -0.2) is 4.79 Å². The standard InChI is InChI=1S/C79H76BN3O3/c1-48-19-17-20-49(2)72(48)52-27-42-68-67(43-52)80-66-41-39-60(81(56-34-28-53(29-35-56)76(4,5)6)57-36-30-54(31-37-57)77(7,8)9)47-69(66)83(59-38-40-62-61-22-15-16-24-64(61)79(13,14)65(62)46-59)71-45-55(78(10,11)12)44-70(74(71)80)82(68)58-32-25-51(26-33-58)73-50(3)21-18-23-63(73)75(84)86-85/h15-47,85H,1-14H3/i1D3,2D3,3D3. The molecule has 3 aliphatic rings. The Balaban J connectivity index is 1.13. The van der Waals surface area contributed by atoms with Crippen molar-refractivity contribution in [3.05, 3.63) is 250 Å². The van der Waals surface area contributed by atoms with Crippen LogP contribution >= 0.6 is 0 Å². The van der Waals surface area contributed by atoms with Gasteiger partial charge in [0.15, 0.2) is 0 Å². The van der Waals surface area contributed by atoms with E-state index in [1.54, 1.807) is 12.1 Å². The van der Waals surface area contributed by atoms with E-state index in [0.717, 1.165) is 67.5 Å². The third kappa shape index (κ3) is 9.25. The number of hydrogen-bond donors (Lipinski definition) is 1. The minimum Gasteiger partial charge on any atom is -0.311 e. The van der Waals surface area contributed by atoms with Gasteiger partial charge in [-0.1, -0.05) is 191 Å². The lowest BCUT2D eigenvalue weighted by atomic mass is 9.33. The number of carbonyl (C=O) groups is 1. The number of carbonyl (C=O) groups excluding carboxylic acids is 1. The van der Waals surface area contributed by atoms with Crippen molar-refractivity contribution in [2.75, 3.05) is 14.7 Å². The minimum absolute atomic E-state index is 0.0836. The largest absolute Gasteiger partial charge is 0.373 e. The Morgan fingerprint density at radius 2 is 1.01 bits per heavy atom. The minimum atomic E-state index is -2.69. The fraction of sp³-hybridized carbons (Fsp3) is 0.228. The van der Waals surface area contributed by atoms with Crippen molar-refractivity contribution in [3.8, 4) is 33.4 Å². The number of rotatable bonds is 8. The number of fused-ring (bicyclic) bond motifs is 7. The van der Waals surface area contributed by atoms with Crippen molar-refractivity contribution in [3.63, 3.8) is 0 Å². The summed E-state index contributed by atoms with van der Waals surface area (Å²) >= 11 is 0. The highest BCUT2D eigenvalue weighted by Crippen LogP contribution is 2.53. The third-order valence-electron chi connectivity index (χ3n) is 18.1. The van der Waals surface area contributed by atoms with Crippen LogP contribution in [0.25, 0.3) is 33.4 Å². The molecule has 0 radical (unpaired) electrons. The van der Waals surface area contributed by atoms with Crippen molar-refractivity contribution in [2.45, 2.75) is 118 Å². The van der Waals surface area contributed by atoms with Crippen LogP contribution in [0.5, 0.6) is 0 Å². The number of aryl methyl sites for hydroxylation is 3. The van der Waals surface area contributed by atoms with Crippen LogP contribution in [0.4, 0.5) is 51.2 Å². The van der Waals surface area contributed by atoms with Crippen LogP contribution in [0.15, 0.2) is 200 Å². The molecule has 86 heavy (non-hydrogen) atoms. The lowest BCUT2D eigenvalue weighted by Crippen LogP contribution is -2.61. The van der Waals surface area contributed by atoms with E-state index in [0.29, 0.717) is 16.8 Å². The van der Waals surface area contributed by atoms with Crippen LogP contribution in [0.3, 0.4) is 0 Å². The zero-order valence-corrected chi connectivity index (χ0v) is 50.7. The summed E-state index contributed by atoms with van der Waals surface area (Å²) in [7, 11) is 0. The van der Waals surface area contributed by atoms with Gasteiger partial charge in [0.1, 0.15) is 0 Å². The first kappa shape index (κ1) is 46.4. The van der Waals surface area contributed by atoms with E-state index >= 15 is 0 Å². The van der Waals surface area contributed by atoms with Crippen molar-refractivity contribution >= 4 is 80.3 Å². The zero-order chi connectivity index (χ0) is 68.0. The highest BCUT2D eigenvalue weighted by atomic mass is 17.1. The van der Waals surface area contributed by atoms with Crippen LogP contribution in [0.1, 0.15) is 143 Å². The number of hydrogen-bond acceptors (Lipinski definition) is 6. The van der Waals surface area contributed by atoms with Crippen LogP contribution in [0, 0.1) is 20.6 Å². The molecule has 2 aliphatic heterocycles. The average molecular weight is 1140 g/mol. The second-order valence-electron chi connectivity index (χ2n) is 27.0. The molecule has 0 atom stereocenters. The normalized spacial score (nSPS) is 15.8. The molecule has 0 amide bonds. The number of anilines is 9. The summed E-state index contributed by atoms with van der Waals surface area (Å²) in [5.74, 6) is -1.11. The van der Waals surface area contributed by atoms with E-state index in [9.17, 15) is 10.1 Å². The summed E-state index contributed by atoms with van der Waals surface area (Å²) in [4.78, 5) is 24.4. The Morgan fingerprint density at radius 1 is 0.477 bits per heavy atom. The predicted octanol–water partition coefficient (Wildman–Crippen LogP) is 19.3. The van der Waals surface area contributed by atoms with Crippen molar-refractivity contribution < 1.29 is 27.3 Å². The predicted molar refractivity (Wildman–Crippen MR) is 362 cm³/mol. The van der Waals surface area contributed by atoms with Crippen LogP contribution in [-0.2, 0) is 26.5 Å². The second kappa shape index (κ2) is 20.4. The van der Waals surface area contributed by atoms with Crippen molar-refractivity contribution in [1.82, 2.24) is 0 Å². The van der Waals surface area contributed by atoms with Crippen molar-refractivity contribution in [2.24, 2.45) is 0 Å². The Kier molecular flexibility index (Phi) is 11.0. The molecular weight excluding hydrogens is 1050 g/mol. The first-order valence-electron chi connectivity index (χ1n) is 34.1. The fourth-order valence-electron chi connectivity index (χ4n) is 13.5. The first-order valence-corrected chi connectivity index (χ1v) is 29.6. The molecule has 0 saturated carbocycles. The Morgan fingerprint density at radius 3 is 1.60 bits per heavy atom. The van der Waals surface area contributed by atoms with E-state index in [-0.39, 0.29) is 49.6 Å². The molecule has 10 aromatic rings. The van der Waals surface area contributed by atoms with E-state index in [4.69, 9.17) is 12.3 Å². The first-order chi connectivity index (χ1) is 44.5. The van der Waals surface area contributed by atoms with E-state index < -0.39 is 38.7 Å². The molecule has 0 fully saturated rings. The third-order valence-corrected chi connectivity index (χ3v) is 18.1. The fourth-order valence-corrected chi connectivity index (χ4v) is 13.5. The Bertz CT molecular complexity index is 4640. The van der Waals surface area contributed by atoms with Gasteiger partial charge in [0.2, 0.25) is 0 Å². The quantitative estimate of drug-likeness (QED) is 0.0930. The van der Waals surface area contributed by atoms with Gasteiger partial charge < -0.3 is 14.7 Å². The van der Waals surface area contributed by atoms with Gasteiger partial charge in [0.25, 0.3) is 6.71 Å². The molecule has 0 unspecified atom stereocenters. The van der Waals surface area contributed by atoms with Gasteiger partial charge in [-0.05, 0) is 216 Å². The maximum absolute atomic E-state index is 13.3. The van der Waals surface area contributed by atoms with Crippen LogP contribution in [0.2, 0.25) is 0 Å². The van der Waals surface area contributed by atoms with Gasteiger partial charge in [-0.2, -0.15) is 5.26 Å². The van der Waals surface area contributed by atoms with E-state index in [1.807, 2.05) is 30.3 Å².